The van der Waals surface area contributed by atoms with Crippen LogP contribution in [-0.4, -0.2) is 76.8 Å². The van der Waals surface area contributed by atoms with E-state index in [4.69, 9.17) is 32.8 Å². The Hall–Kier alpha value is -2.31. The largest absolute Gasteiger partial charge is 0.462 e. The Bertz CT molecular complexity index is 883. The van der Waals surface area contributed by atoms with Crippen molar-refractivity contribution in [1.82, 2.24) is 0 Å². The van der Waals surface area contributed by atoms with Gasteiger partial charge >= 0.3 is 17.9 Å². The highest BCUT2D eigenvalue weighted by atomic mass is 28.4. The van der Waals surface area contributed by atoms with Gasteiger partial charge in [0.15, 0.2) is 26.8 Å². The summed E-state index contributed by atoms with van der Waals surface area (Å²) in [6.07, 6.45) is -5.69. The van der Waals surface area contributed by atoms with E-state index in [-0.39, 0.29) is 13.2 Å². The Kier molecular flexibility index (Phi) is 12.9. The van der Waals surface area contributed by atoms with Gasteiger partial charge in [-0.3, -0.25) is 14.4 Å². The molecule has 0 aromatic heterocycles. The quantitative estimate of drug-likeness (QED) is 0.191. The van der Waals surface area contributed by atoms with E-state index < -0.39 is 63.0 Å². The maximum atomic E-state index is 12.3. The predicted octanol–water partition coefficient (Wildman–Crippen LogP) is 3.76. The van der Waals surface area contributed by atoms with Crippen LogP contribution >= 0.6 is 0 Å². The zero-order valence-electron chi connectivity index (χ0n) is 23.5. The number of carbonyl (C=O) groups excluding carboxylic acids is 3. The monoisotopic (exact) mass is 554 g/mol. The molecule has 0 N–H and O–H groups in total. The van der Waals surface area contributed by atoms with Crippen molar-refractivity contribution in [2.75, 3.05) is 13.7 Å². The summed E-state index contributed by atoms with van der Waals surface area (Å²) < 4.78 is 41.7. The molecular formula is C27H42O10Si. The van der Waals surface area contributed by atoms with Gasteiger partial charge < -0.3 is 32.8 Å². The number of esters is 3. The van der Waals surface area contributed by atoms with Gasteiger partial charge in [-0.2, -0.15) is 0 Å². The van der Waals surface area contributed by atoms with Gasteiger partial charge in [0.25, 0.3) is 0 Å². The molecule has 1 heterocycles. The molecule has 0 radical (unpaired) electrons. The number of methoxy groups -OCH3 is 1. The number of hydrogen-bond acceptors (Lipinski definition) is 10. The Morgan fingerprint density at radius 3 is 2.03 bits per heavy atom. The van der Waals surface area contributed by atoms with Crippen LogP contribution in [-0.2, 0) is 53.8 Å². The van der Waals surface area contributed by atoms with Crippen molar-refractivity contribution in [2.24, 2.45) is 0 Å². The van der Waals surface area contributed by atoms with Crippen molar-refractivity contribution in [3.05, 3.63) is 35.9 Å². The van der Waals surface area contributed by atoms with Crippen LogP contribution in [0.3, 0.4) is 0 Å². The molecule has 1 aromatic carbocycles. The molecule has 0 amide bonds. The summed E-state index contributed by atoms with van der Waals surface area (Å²) in [6.45, 7) is 9.98. The van der Waals surface area contributed by atoms with Crippen molar-refractivity contribution >= 4 is 26.2 Å². The lowest BCUT2D eigenvalue weighted by molar-refractivity contribution is -0.315. The Labute approximate surface area is 226 Å². The molecule has 214 valence electrons. The lowest BCUT2D eigenvalue weighted by Gasteiger charge is -2.49. The van der Waals surface area contributed by atoms with E-state index in [1.807, 2.05) is 30.3 Å². The molecule has 0 spiro atoms. The first-order valence-corrected chi connectivity index (χ1v) is 15.6. The van der Waals surface area contributed by atoms with E-state index in [2.05, 4.69) is 20.8 Å². The van der Waals surface area contributed by atoms with Crippen LogP contribution < -0.4 is 0 Å². The van der Waals surface area contributed by atoms with E-state index in [9.17, 15) is 14.4 Å². The van der Waals surface area contributed by atoms with Crippen molar-refractivity contribution in [3.8, 4) is 0 Å². The highest BCUT2D eigenvalue weighted by Gasteiger charge is 2.55. The summed E-state index contributed by atoms with van der Waals surface area (Å²) in [6, 6.07) is 12.1. The smallest absolute Gasteiger partial charge is 0.303 e. The molecular weight excluding hydrogens is 512 g/mol. The molecule has 10 nitrogen and oxygen atoms in total. The van der Waals surface area contributed by atoms with Gasteiger partial charge in [0.05, 0.1) is 6.61 Å². The number of benzene rings is 1. The molecule has 1 aliphatic rings. The summed E-state index contributed by atoms with van der Waals surface area (Å²) in [5, 5.41) is 0. The first-order valence-electron chi connectivity index (χ1n) is 13.1. The van der Waals surface area contributed by atoms with E-state index >= 15 is 0 Å². The van der Waals surface area contributed by atoms with E-state index in [1.165, 1.54) is 27.9 Å². The third-order valence-electron chi connectivity index (χ3n) is 6.80. The van der Waals surface area contributed by atoms with Gasteiger partial charge in [0, 0.05) is 27.9 Å². The lowest BCUT2D eigenvalue weighted by atomic mass is 9.94. The van der Waals surface area contributed by atoms with Crippen LogP contribution in [0.2, 0.25) is 18.1 Å². The van der Waals surface area contributed by atoms with Crippen molar-refractivity contribution in [2.45, 2.75) is 103 Å². The van der Waals surface area contributed by atoms with E-state index in [0.717, 1.165) is 23.7 Å². The summed E-state index contributed by atoms with van der Waals surface area (Å²) in [4.78, 5) is 35.9. The Balaban J connectivity index is 2.56. The number of rotatable bonds is 14. The first-order chi connectivity index (χ1) is 18.1. The van der Waals surface area contributed by atoms with E-state index in [0.29, 0.717) is 0 Å². The molecule has 0 aliphatic carbocycles. The molecule has 0 bridgehead atoms. The highest BCUT2D eigenvalue weighted by Crippen LogP contribution is 2.36. The Morgan fingerprint density at radius 2 is 1.53 bits per heavy atom. The molecule has 1 aromatic rings. The van der Waals surface area contributed by atoms with Crippen LogP contribution in [0.25, 0.3) is 0 Å². The normalized spacial score (nSPS) is 24.3. The highest BCUT2D eigenvalue weighted by molar-refractivity contribution is 6.73. The molecule has 1 aliphatic heterocycles. The average Bonchev–Trinajstić information content (AvgIpc) is 2.89. The molecule has 11 heteroatoms. The second-order valence-corrected chi connectivity index (χ2v) is 14.0. The average molecular weight is 555 g/mol. The SMILES string of the molecule is CC[Si](CC)(CC)O[C@H]1[C@H](OC(C)=O)[C@@H]([C@H](COC(C)=O)OC(C)=O)O[C@H](OC)[C@H]1OCc1ccccc1. The number of carbonyl (C=O) groups is 3. The van der Waals surface area contributed by atoms with Gasteiger partial charge in [-0.15, -0.1) is 0 Å². The maximum absolute atomic E-state index is 12.3. The van der Waals surface area contributed by atoms with Gasteiger partial charge in [-0.05, 0) is 23.7 Å². The standard InChI is InChI=1S/C27H42O10Si/c1-8-38(9-2,10-3)37-25-24(35-20(6)30)23(22(34-19(5)29)17-32-18(4)28)36-27(31-7)26(25)33-16-21-14-12-11-13-15-21/h11-15,22-27H,8-10,16-17H2,1-7H3/t22-,23+,24+,25-,26-,27-/m0/s1. The minimum atomic E-state index is -2.30. The van der Waals surface area contributed by atoms with Gasteiger partial charge in [0.2, 0.25) is 0 Å². The summed E-state index contributed by atoms with van der Waals surface area (Å²) >= 11 is 0. The predicted molar refractivity (Wildman–Crippen MR) is 140 cm³/mol. The summed E-state index contributed by atoms with van der Waals surface area (Å²) in [5.41, 5.74) is 0.935. The minimum Gasteiger partial charge on any atom is -0.462 e. The molecule has 2 rings (SSSR count). The van der Waals surface area contributed by atoms with Crippen LogP contribution in [0.4, 0.5) is 0 Å². The summed E-state index contributed by atoms with van der Waals surface area (Å²) in [7, 11) is -0.825. The van der Waals surface area contributed by atoms with Crippen molar-refractivity contribution < 1.29 is 47.2 Å². The molecule has 0 unspecified atom stereocenters. The number of ether oxygens (including phenoxy) is 6. The molecule has 1 saturated heterocycles. The zero-order chi connectivity index (χ0) is 28.3. The van der Waals surface area contributed by atoms with Crippen LogP contribution in [0.15, 0.2) is 30.3 Å². The van der Waals surface area contributed by atoms with Gasteiger partial charge in [0.1, 0.15) is 24.9 Å². The van der Waals surface area contributed by atoms with Crippen LogP contribution in [0.5, 0.6) is 0 Å². The second-order valence-electron chi connectivity index (χ2n) is 9.32. The lowest BCUT2D eigenvalue weighted by Crippen LogP contribution is -2.66. The fraction of sp³-hybridized carbons (Fsp3) is 0.667. The molecule has 0 saturated carbocycles. The topological polar surface area (TPSA) is 116 Å². The molecule has 1 fully saturated rings. The van der Waals surface area contributed by atoms with E-state index in [1.54, 1.807) is 0 Å². The number of hydrogen-bond donors (Lipinski definition) is 0. The van der Waals surface area contributed by atoms with Gasteiger partial charge in [-0.1, -0.05) is 51.1 Å². The summed E-state index contributed by atoms with van der Waals surface area (Å²) in [5.74, 6) is -1.74. The van der Waals surface area contributed by atoms with Crippen LogP contribution in [0, 0.1) is 0 Å². The third kappa shape index (κ3) is 8.87. The molecule has 38 heavy (non-hydrogen) atoms. The fourth-order valence-corrected chi connectivity index (χ4v) is 7.47. The third-order valence-corrected chi connectivity index (χ3v) is 11.4. The second kappa shape index (κ2) is 15.3. The maximum Gasteiger partial charge on any atom is 0.303 e. The van der Waals surface area contributed by atoms with Gasteiger partial charge in [-0.25, -0.2) is 0 Å². The van der Waals surface area contributed by atoms with Crippen molar-refractivity contribution in [1.29, 1.82) is 0 Å². The fourth-order valence-electron chi connectivity index (χ4n) is 4.62. The Morgan fingerprint density at radius 1 is 0.895 bits per heavy atom. The van der Waals surface area contributed by atoms with Crippen molar-refractivity contribution in [3.63, 3.8) is 0 Å². The zero-order valence-corrected chi connectivity index (χ0v) is 24.5. The minimum absolute atomic E-state index is 0.242. The van der Waals surface area contributed by atoms with Crippen LogP contribution in [0.1, 0.15) is 47.1 Å². The first kappa shape index (κ1) is 31.9. The molecule has 6 atom stereocenters.